The molecule has 2 N–H and O–H groups in total. The summed E-state index contributed by atoms with van der Waals surface area (Å²) in [5, 5.41) is 21.1. The molecule has 0 bridgehead atoms. The van der Waals surface area contributed by atoms with Gasteiger partial charge < -0.3 is 14.9 Å². The average Bonchev–Trinajstić information content (AvgIpc) is 2.33. The molecule has 1 unspecified atom stereocenters. The minimum absolute atomic E-state index is 0.00225. The molecule has 1 heterocycles. The number of allylic oxidation sites excluding steroid dienone is 1. The fourth-order valence-corrected chi connectivity index (χ4v) is 3.58. The highest BCUT2D eigenvalue weighted by Crippen LogP contribution is 2.47. The number of ether oxygens (including phenoxy) is 1. The van der Waals surface area contributed by atoms with Crippen molar-refractivity contribution in [3.8, 4) is 0 Å². The summed E-state index contributed by atoms with van der Waals surface area (Å²) in [6, 6.07) is 0. The number of aliphatic hydroxyl groups excluding tert-OH is 1. The predicted molar refractivity (Wildman–Crippen MR) is 71.3 cm³/mol. The molecule has 0 aromatic carbocycles. The molecule has 1 aliphatic heterocycles. The first-order valence-corrected chi connectivity index (χ1v) is 7.10. The van der Waals surface area contributed by atoms with Crippen LogP contribution < -0.4 is 0 Å². The molecule has 4 atom stereocenters. The molecule has 1 aliphatic carbocycles. The van der Waals surface area contributed by atoms with Gasteiger partial charge in [-0.15, -0.1) is 0 Å². The van der Waals surface area contributed by atoms with E-state index in [2.05, 4.69) is 13.8 Å². The number of hydrogen-bond acceptors (Lipinski definition) is 3. The lowest BCUT2D eigenvalue weighted by molar-refractivity contribution is -0.248. The van der Waals surface area contributed by atoms with Crippen LogP contribution in [-0.2, 0) is 4.74 Å². The number of aliphatic hydroxyl groups is 2. The zero-order valence-electron chi connectivity index (χ0n) is 11.9. The second-order valence-electron chi connectivity index (χ2n) is 6.24. The van der Waals surface area contributed by atoms with Crippen molar-refractivity contribution < 1.29 is 14.9 Å². The van der Waals surface area contributed by atoms with Gasteiger partial charge in [0.1, 0.15) is 6.10 Å². The third-order valence-electron chi connectivity index (χ3n) is 5.02. The maximum atomic E-state index is 10.8. The normalized spacial score (nSPS) is 43.2. The molecular formula is C15H26O3. The fourth-order valence-electron chi connectivity index (χ4n) is 3.58. The molecule has 3 nitrogen and oxygen atoms in total. The van der Waals surface area contributed by atoms with Crippen molar-refractivity contribution >= 4 is 0 Å². The summed E-state index contributed by atoms with van der Waals surface area (Å²) < 4.78 is 6.24. The Bertz CT molecular complexity index is 342. The van der Waals surface area contributed by atoms with Crippen molar-refractivity contribution in [3.05, 3.63) is 11.6 Å². The maximum absolute atomic E-state index is 10.8. The van der Waals surface area contributed by atoms with Crippen molar-refractivity contribution in [2.24, 2.45) is 5.92 Å². The molecule has 2 rings (SSSR count). The summed E-state index contributed by atoms with van der Waals surface area (Å²) in [6.45, 7) is 8.03. The minimum atomic E-state index is -0.757. The van der Waals surface area contributed by atoms with Gasteiger partial charge in [0.2, 0.25) is 0 Å². The maximum Gasteiger partial charge on any atom is 0.101 e. The molecule has 2 aliphatic rings. The zero-order chi connectivity index (χ0) is 13.6. The summed E-state index contributed by atoms with van der Waals surface area (Å²) in [5.41, 5.74) is -0.0776. The summed E-state index contributed by atoms with van der Waals surface area (Å²) in [7, 11) is 0. The van der Waals surface area contributed by atoms with E-state index in [1.807, 2.05) is 19.9 Å². The van der Waals surface area contributed by atoms with Crippen LogP contribution in [0.15, 0.2) is 11.6 Å². The second kappa shape index (κ2) is 4.62. The number of fused-ring (bicyclic) bond motifs is 1. The summed E-state index contributed by atoms with van der Waals surface area (Å²) in [4.78, 5) is 0. The molecule has 1 fully saturated rings. The van der Waals surface area contributed by atoms with Crippen LogP contribution in [0, 0.1) is 5.92 Å². The van der Waals surface area contributed by atoms with Crippen LogP contribution in [-0.4, -0.2) is 33.6 Å². The molecule has 0 aromatic rings. The highest BCUT2D eigenvalue weighted by Gasteiger charge is 2.53. The third kappa shape index (κ3) is 2.13. The second-order valence-corrected chi connectivity index (χ2v) is 6.24. The van der Waals surface area contributed by atoms with Crippen LogP contribution in [0.4, 0.5) is 0 Å². The molecule has 1 saturated heterocycles. The van der Waals surface area contributed by atoms with Crippen molar-refractivity contribution in [3.63, 3.8) is 0 Å². The Kier molecular flexibility index (Phi) is 3.60. The van der Waals surface area contributed by atoms with Gasteiger partial charge >= 0.3 is 0 Å². The van der Waals surface area contributed by atoms with E-state index in [1.165, 1.54) is 0 Å². The molecule has 0 aromatic heterocycles. The van der Waals surface area contributed by atoms with Crippen molar-refractivity contribution in [1.82, 2.24) is 0 Å². The van der Waals surface area contributed by atoms with Crippen LogP contribution in [0.3, 0.4) is 0 Å². The van der Waals surface area contributed by atoms with Gasteiger partial charge in [0.15, 0.2) is 0 Å². The van der Waals surface area contributed by atoms with E-state index in [1.54, 1.807) is 0 Å². The average molecular weight is 254 g/mol. The topological polar surface area (TPSA) is 49.7 Å². The van der Waals surface area contributed by atoms with Crippen molar-refractivity contribution in [2.45, 2.75) is 76.8 Å². The van der Waals surface area contributed by atoms with E-state index in [0.717, 1.165) is 24.8 Å². The highest BCUT2D eigenvalue weighted by atomic mass is 16.5. The first kappa shape index (κ1) is 14.0. The van der Waals surface area contributed by atoms with E-state index in [-0.39, 0.29) is 17.6 Å². The molecule has 0 amide bonds. The SMILES string of the molecule is CCC1(CC)CC(C)(O)[C@@H]2CC=C(C)[C@@H](O)[C@@H]2O1. The summed E-state index contributed by atoms with van der Waals surface area (Å²) in [5.74, 6) is 0.00225. The Morgan fingerprint density at radius 1 is 1.39 bits per heavy atom. The first-order valence-electron chi connectivity index (χ1n) is 7.10. The zero-order valence-corrected chi connectivity index (χ0v) is 11.9. The molecule has 18 heavy (non-hydrogen) atoms. The van der Waals surface area contributed by atoms with E-state index in [0.29, 0.717) is 6.42 Å². The van der Waals surface area contributed by atoms with Gasteiger partial charge in [-0.25, -0.2) is 0 Å². The van der Waals surface area contributed by atoms with E-state index >= 15 is 0 Å². The lowest BCUT2D eigenvalue weighted by Crippen LogP contribution is -2.61. The Labute approximate surface area is 110 Å². The molecular weight excluding hydrogens is 228 g/mol. The number of rotatable bonds is 2. The van der Waals surface area contributed by atoms with Gasteiger partial charge in [0.25, 0.3) is 0 Å². The minimum Gasteiger partial charge on any atom is -0.390 e. The van der Waals surface area contributed by atoms with Crippen molar-refractivity contribution in [1.29, 1.82) is 0 Å². The van der Waals surface area contributed by atoms with Crippen molar-refractivity contribution in [2.75, 3.05) is 0 Å². The predicted octanol–water partition coefficient (Wildman–Crippen LogP) is 2.41. The third-order valence-corrected chi connectivity index (χ3v) is 5.02. The Morgan fingerprint density at radius 2 is 2.00 bits per heavy atom. The van der Waals surface area contributed by atoms with Crippen LogP contribution in [0.5, 0.6) is 0 Å². The van der Waals surface area contributed by atoms with Gasteiger partial charge in [-0.2, -0.15) is 0 Å². The van der Waals surface area contributed by atoms with Crippen LogP contribution in [0.2, 0.25) is 0 Å². The Morgan fingerprint density at radius 3 is 2.56 bits per heavy atom. The molecule has 0 radical (unpaired) electrons. The standard InChI is InChI=1S/C15H26O3/c1-5-15(6-2)9-14(4,17)11-8-7-10(3)12(16)13(11)18-15/h7,11-13,16-17H,5-6,8-9H2,1-4H3/t11-,12-,13-,14?/m1/s1. The van der Waals surface area contributed by atoms with Crippen LogP contribution >= 0.6 is 0 Å². The largest absolute Gasteiger partial charge is 0.390 e. The van der Waals surface area contributed by atoms with Gasteiger partial charge in [-0.05, 0) is 38.7 Å². The summed E-state index contributed by atoms with van der Waals surface area (Å²) >= 11 is 0. The van der Waals surface area contributed by atoms with E-state index in [9.17, 15) is 10.2 Å². The fraction of sp³-hybridized carbons (Fsp3) is 0.867. The quantitative estimate of drug-likeness (QED) is 0.744. The van der Waals surface area contributed by atoms with E-state index < -0.39 is 11.7 Å². The van der Waals surface area contributed by atoms with Gasteiger partial charge in [0.05, 0.1) is 17.3 Å². The van der Waals surface area contributed by atoms with Crippen LogP contribution in [0.25, 0.3) is 0 Å². The Hall–Kier alpha value is -0.380. The highest BCUT2D eigenvalue weighted by molar-refractivity contribution is 5.18. The van der Waals surface area contributed by atoms with E-state index in [4.69, 9.17) is 4.74 Å². The van der Waals surface area contributed by atoms with Crippen LogP contribution in [0.1, 0.15) is 53.4 Å². The summed E-state index contributed by atoms with van der Waals surface area (Å²) in [6.07, 6.45) is 4.40. The molecule has 104 valence electrons. The van der Waals surface area contributed by atoms with Gasteiger partial charge in [-0.3, -0.25) is 0 Å². The smallest absolute Gasteiger partial charge is 0.101 e. The molecule has 3 heteroatoms. The first-order chi connectivity index (χ1) is 8.35. The van der Waals surface area contributed by atoms with Gasteiger partial charge in [-0.1, -0.05) is 19.9 Å². The lowest BCUT2D eigenvalue weighted by Gasteiger charge is -2.54. The number of hydrogen-bond donors (Lipinski definition) is 2. The van der Waals surface area contributed by atoms with Gasteiger partial charge in [0, 0.05) is 12.3 Å². The lowest BCUT2D eigenvalue weighted by atomic mass is 9.67. The molecule has 0 saturated carbocycles. The molecule has 0 spiro atoms. The monoisotopic (exact) mass is 254 g/mol. The Balaban J connectivity index is 2.34.